The number of hydrogen-bond acceptors (Lipinski definition) is 6. The molecule has 0 radical (unpaired) electrons. The standard InChI is InChI=1S/C11H14N4OS/c1-12-8(7-2-3-7)4-10-14-11(15-16-10)9-5-17-6-13-9/h5-8,12H,2-4H2,1H3. The third-order valence-corrected chi connectivity index (χ3v) is 3.67. The fourth-order valence-electron chi connectivity index (χ4n) is 1.96. The third kappa shape index (κ3) is 2.37. The summed E-state index contributed by atoms with van der Waals surface area (Å²) in [6.07, 6.45) is 3.41. The Morgan fingerprint density at radius 2 is 2.47 bits per heavy atom. The molecule has 1 saturated carbocycles. The molecule has 2 aromatic rings. The van der Waals surface area contributed by atoms with Crippen molar-refractivity contribution in [2.24, 2.45) is 5.92 Å². The molecular weight excluding hydrogens is 236 g/mol. The first-order valence-electron chi connectivity index (χ1n) is 5.75. The first-order valence-corrected chi connectivity index (χ1v) is 6.69. The van der Waals surface area contributed by atoms with Crippen molar-refractivity contribution in [2.45, 2.75) is 25.3 Å². The van der Waals surface area contributed by atoms with Crippen molar-refractivity contribution in [2.75, 3.05) is 7.05 Å². The Hall–Kier alpha value is -1.27. The minimum Gasteiger partial charge on any atom is -0.339 e. The van der Waals surface area contributed by atoms with Crippen LogP contribution in [0.2, 0.25) is 0 Å². The molecule has 0 bridgehead atoms. The fraction of sp³-hybridized carbons (Fsp3) is 0.545. The Morgan fingerprint density at radius 1 is 1.59 bits per heavy atom. The van der Waals surface area contributed by atoms with Crippen LogP contribution in [0.25, 0.3) is 11.5 Å². The Labute approximate surface area is 103 Å². The second-order valence-electron chi connectivity index (χ2n) is 4.32. The van der Waals surface area contributed by atoms with Crippen LogP contribution in [0.15, 0.2) is 15.4 Å². The average Bonchev–Trinajstić information content (AvgIpc) is 2.88. The van der Waals surface area contributed by atoms with Crippen molar-refractivity contribution in [1.29, 1.82) is 0 Å². The zero-order valence-corrected chi connectivity index (χ0v) is 10.4. The third-order valence-electron chi connectivity index (χ3n) is 3.09. The lowest BCUT2D eigenvalue weighted by Crippen LogP contribution is -2.29. The van der Waals surface area contributed by atoms with Gasteiger partial charge in [0.1, 0.15) is 5.69 Å². The highest BCUT2D eigenvalue weighted by Crippen LogP contribution is 2.33. The predicted octanol–water partition coefficient (Wildman–Crippen LogP) is 1.73. The van der Waals surface area contributed by atoms with E-state index in [4.69, 9.17) is 4.52 Å². The maximum atomic E-state index is 5.26. The van der Waals surface area contributed by atoms with Gasteiger partial charge in [0.25, 0.3) is 0 Å². The quantitative estimate of drug-likeness (QED) is 0.875. The minimum atomic E-state index is 0.457. The number of nitrogens with one attached hydrogen (secondary N) is 1. The van der Waals surface area contributed by atoms with Crippen LogP contribution in [0, 0.1) is 5.92 Å². The van der Waals surface area contributed by atoms with E-state index in [-0.39, 0.29) is 0 Å². The second kappa shape index (κ2) is 4.54. The highest BCUT2D eigenvalue weighted by atomic mass is 32.1. The van der Waals surface area contributed by atoms with Crippen LogP contribution in [0.1, 0.15) is 18.7 Å². The molecule has 0 saturated heterocycles. The molecule has 1 atom stereocenters. The molecule has 5 nitrogen and oxygen atoms in total. The molecule has 1 N–H and O–H groups in total. The van der Waals surface area contributed by atoms with Crippen molar-refractivity contribution >= 4 is 11.3 Å². The summed E-state index contributed by atoms with van der Waals surface area (Å²) in [6, 6.07) is 0.457. The normalized spacial score (nSPS) is 17.2. The van der Waals surface area contributed by atoms with Gasteiger partial charge in [0.2, 0.25) is 11.7 Å². The molecule has 0 amide bonds. The van der Waals surface area contributed by atoms with Gasteiger partial charge in [-0.2, -0.15) is 4.98 Å². The monoisotopic (exact) mass is 250 g/mol. The van der Waals surface area contributed by atoms with Crippen molar-refractivity contribution in [3.63, 3.8) is 0 Å². The molecule has 1 fully saturated rings. The molecule has 1 aliphatic carbocycles. The topological polar surface area (TPSA) is 63.8 Å². The molecule has 0 spiro atoms. The molecule has 3 rings (SSSR count). The van der Waals surface area contributed by atoms with E-state index in [1.54, 1.807) is 5.51 Å². The molecule has 6 heteroatoms. The lowest BCUT2D eigenvalue weighted by Gasteiger charge is -2.11. The molecule has 2 aromatic heterocycles. The number of thiazole rings is 1. The first kappa shape index (κ1) is 10.9. The number of nitrogens with zero attached hydrogens (tertiary/aromatic N) is 3. The van der Waals surface area contributed by atoms with Gasteiger partial charge in [0.15, 0.2) is 0 Å². The number of aromatic nitrogens is 3. The smallest absolute Gasteiger partial charge is 0.228 e. The van der Waals surface area contributed by atoms with E-state index in [1.165, 1.54) is 24.2 Å². The number of rotatable bonds is 5. The summed E-state index contributed by atoms with van der Waals surface area (Å²) < 4.78 is 5.26. The summed E-state index contributed by atoms with van der Waals surface area (Å²) in [7, 11) is 1.99. The Bertz CT molecular complexity index is 477. The van der Waals surface area contributed by atoms with Gasteiger partial charge in [-0.25, -0.2) is 4.98 Å². The lowest BCUT2D eigenvalue weighted by atomic mass is 10.1. The maximum absolute atomic E-state index is 5.26. The maximum Gasteiger partial charge on any atom is 0.228 e. The van der Waals surface area contributed by atoms with Crippen LogP contribution >= 0.6 is 11.3 Å². The minimum absolute atomic E-state index is 0.457. The van der Waals surface area contributed by atoms with Crippen LogP contribution in [0.5, 0.6) is 0 Å². The zero-order valence-electron chi connectivity index (χ0n) is 9.59. The van der Waals surface area contributed by atoms with E-state index in [2.05, 4.69) is 20.4 Å². The molecular formula is C11H14N4OS. The van der Waals surface area contributed by atoms with Gasteiger partial charge in [0, 0.05) is 17.8 Å². The molecule has 0 aromatic carbocycles. The Morgan fingerprint density at radius 3 is 3.12 bits per heavy atom. The Kier molecular flexibility index (Phi) is 2.90. The van der Waals surface area contributed by atoms with Crippen molar-refractivity contribution < 1.29 is 4.52 Å². The van der Waals surface area contributed by atoms with Gasteiger partial charge in [-0.05, 0) is 25.8 Å². The summed E-state index contributed by atoms with van der Waals surface area (Å²) >= 11 is 1.53. The van der Waals surface area contributed by atoms with E-state index in [0.717, 1.165) is 18.0 Å². The van der Waals surface area contributed by atoms with Crippen LogP contribution in [-0.4, -0.2) is 28.2 Å². The van der Waals surface area contributed by atoms with Gasteiger partial charge in [-0.3, -0.25) is 0 Å². The summed E-state index contributed by atoms with van der Waals surface area (Å²) in [5.74, 6) is 2.06. The largest absolute Gasteiger partial charge is 0.339 e. The first-order chi connectivity index (χ1) is 8.36. The second-order valence-corrected chi connectivity index (χ2v) is 5.04. The van der Waals surface area contributed by atoms with E-state index in [1.807, 2.05) is 12.4 Å². The molecule has 2 heterocycles. The highest BCUT2D eigenvalue weighted by molar-refractivity contribution is 7.07. The van der Waals surface area contributed by atoms with Crippen molar-refractivity contribution in [3.05, 3.63) is 16.8 Å². The fourth-order valence-corrected chi connectivity index (χ4v) is 2.49. The summed E-state index contributed by atoms with van der Waals surface area (Å²) in [4.78, 5) is 8.54. The number of hydrogen-bond donors (Lipinski definition) is 1. The van der Waals surface area contributed by atoms with Crippen LogP contribution in [-0.2, 0) is 6.42 Å². The number of likely N-dealkylation sites (N-methyl/N-ethyl adjacent to an activating group) is 1. The predicted molar refractivity (Wildman–Crippen MR) is 64.7 cm³/mol. The summed E-state index contributed by atoms with van der Waals surface area (Å²) in [5, 5.41) is 9.19. The van der Waals surface area contributed by atoms with E-state index in [0.29, 0.717) is 17.8 Å². The molecule has 90 valence electrons. The van der Waals surface area contributed by atoms with Crippen LogP contribution in [0.4, 0.5) is 0 Å². The molecule has 1 aliphatic rings. The van der Waals surface area contributed by atoms with Gasteiger partial charge in [-0.15, -0.1) is 11.3 Å². The molecule has 0 aliphatic heterocycles. The SMILES string of the molecule is CNC(Cc1nc(-c2cscn2)no1)C1CC1. The summed E-state index contributed by atoms with van der Waals surface area (Å²) in [5.41, 5.74) is 2.56. The van der Waals surface area contributed by atoms with Gasteiger partial charge in [-0.1, -0.05) is 5.16 Å². The van der Waals surface area contributed by atoms with Gasteiger partial charge >= 0.3 is 0 Å². The van der Waals surface area contributed by atoms with E-state index in [9.17, 15) is 0 Å². The van der Waals surface area contributed by atoms with Gasteiger partial charge in [0.05, 0.1) is 5.51 Å². The highest BCUT2D eigenvalue weighted by Gasteiger charge is 2.31. The molecule has 1 unspecified atom stereocenters. The van der Waals surface area contributed by atoms with Crippen molar-refractivity contribution in [3.8, 4) is 11.5 Å². The van der Waals surface area contributed by atoms with Gasteiger partial charge < -0.3 is 9.84 Å². The van der Waals surface area contributed by atoms with E-state index >= 15 is 0 Å². The van der Waals surface area contributed by atoms with Crippen LogP contribution < -0.4 is 5.32 Å². The average molecular weight is 250 g/mol. The van der Waals surface area contributed by atoms with Crippen LogP contribution in [0.3, 0.4) is 0 Å². The Balaban J connectivity index is 1.71. The zero-order chi connectivity index (χ0) is 11.7. The van der Waals surface area contributed by atoms with Crippen molar-refractivity contribution in [1.82, 2.24) is 20.4 Å². The molecule has 17 heavy (non-hydrogen) atoms. The summed E-state index contributed by atoms with van der Waals surface area (Å²) in [6.45, 7) is 0. The van der Waals surface area contributed by atoms with E-state index < -0.39 is 0 Å². The lowest BCUT2D eigenvalue weighted by molar-refractivity contribution is 0.352.